The van der Waals surface area contributed by atoms with Gasteiger partial charge in [0.25, 0.3) is 0 Å². The molecule has 0 fully saturated rings. The number of hydrogen-bond acceptors (Lipinski definition) is 4. The van der Waals surface area contributed by atoms with Gasteiger partial charge in [0, 0.05) is 11.6 Å². The molecule has 0 bridgehead atoms. The Bertz CT molecular complexity index is 702. The van der Waals surface area contributed by atoms with Crippen LogP contribution in [0.25, 0.3) is 10.9 Å². The fourth-order valence-corrected chi connectivity index (χ4v) is 2.19. The van der Waals surface area contributed by atoms with Crippen molar-refractivity contribution in [1.82, 2.24) is 19.7 Å². The van der Waals surface area contributed by atoms with E-state index in [4.69, 9.17) is 9.47 Å². The number of imidazole rings is 1. The number of ether oxygens (including phenoxy) is 2. The Morgan fingerprint density at radius 3 is 3.17 bits per heavy atom. The smallest absolute Gasteiger partial charge is 0.231 e. The van der Waals surface area contributed by atoms with Crippen molar-refractivity contribution in [3.8, 4) is 11.5 Å². The lowest BCUT2D eigenvalue weighted by Crippen LogP contribution is -2.02. The summed E-state index contributed by atoms with van der Waals surface area (Å²) in [4.78, 5) is 7.07. The maximum Gasteiger partial charge on any atom is 0.231 e. The Hall–Kier alpha value is -2.50. The minimum absolute atomic E-state index is 0.268. The third kappa shape index (κ3) is 1.29. The second-order valence-corrected chi connectivity index (χ2v) is 4.12. The molecule has 0 unspecified atom stereocenters. The van der Waals surface area contributed by atoms with Gasteiger partial charge in [0.15, 0.2) is 11.5 Å². The number of aromatic nitrogens is 4. The average molecular weight is 242 g/mol. The maximum atomic E-state index is 5.52. The van der Waals surface area contributed by atoms with Crippen molar-refractivity contribution in [2.75, 3.05) is 6.79 Å². The Labute approximate surface area is 102 Å². The summed E-state index contributed by atoms with van der Waals surface area (Å²) in [6.45, 7) is 0.896. The van der Waals surface area contributed by atoms with E-state index in [-0.39, 0.29) is 6.79 Å². The first-order valence-electron chi connectivity index (χ1n) is 5.63. The Morgan fingerprint density at radius 1 is 1.28 bits per heavy atom. The summed E-state index contributed by atoms with van der Waals surface area (Å²) in [5.41, 5.74) is 1.95. The minimum atomic E-state index is 0.268. The third-order valence-electron chi connectivity index (χ3n) is 3.01. The molecule has 6 nitrogen and oxygen atoms in total. The highest BCUT2D eigenvalue weighted by atomic mass is 16.7. The first-order valence-corrected chi connectivity index (χ1v) is 5.63. The lowest BCUT2D eigenvalue weighted by molar-refractivity contribution is 0.174. The number of fused-ring (bicyclic) bond motifs is 3. The van der Waals surface area contributed by atoms with E-state index < -0.39 is 0 Å². The van der Waals surface area contributed by atoms with Gasteiger partial charge in [-0.25, -0.2) is 4.98 Å². The van der Waals surface area contributed by atoms with E-state index in [0.717, 1.165) is 28.1 Å². The number of H-pyrrole nitrogens is 1. The van der Waals surface area contributed by atoms with Gasteiger partial charge in [-0.1, -0.05) is 0 Å². The zero-order valence-electron chi connectivity index (χ0n) is 9.46. The molecule has 0 amide bonds. The SMILES string of the molecule is c1ncc(Cn2ncc3ccc4c(c32)OCO4)[nH]1. The van der Waals surface area contributed by atoms with Crippen molar-refractivity contribution in [2.24, 2.45) is 0 Å². The first-order chi connectivity index (χ1) is 8.92. The molecule has 6 heteroatoms. The van der Waals surface area contributed by atoms with E-state index in [1.54, 1.807) is 12.5 Å². The van der Waals surface area contributed by atoms with Crippen LogP contribution in [0.2, 0.25) is 0 Å². The van der Waals surface area contributed by atoms with Gasteiger partial charge < -0.3 is 14.5 Å². The predicted molar refractivity (Wildman–Crippen MR) is 63.5 cm³/mol. The largest absolute Gasteiger partial charge is 0.454 e. The normalized spacial score (nSPS) is 13.3. The zero-order chi connectivity index (χ0) is 11.9. The second kappa shape index (κ2) is 3.49. The van der Waals surface area contributed by atoms with Gasteiger partial charge in [-0.15, -0.1) is 0 Å². The molecule has 0 spiro atoms. The van der Waals surface area contributed by atoms with Gasteiger partial charge in [0.1, 0.15) is 5.52 Å². The van der Waals surface area contributed by atoms with Crippen molar-refractivity contribution in [1.29, 1.82) is 0 Å². The van der Waals surface area contributed by atoms with Gasteiger partial charge in [0.2, 0.25) is 6.79 Å². The number of aromatic amines is 1. The quantitative estimate of drug-likeness (QED) is 0.740. The van der Waals surface area contributed by atoms with Crippen LogP contribution >= 0.6 is 0 Å². The standard InChI is InChI=1S/C12H10N4O2/c1-2-10-12(18-7-17-10)11-8(1)3-15-16(11)5-9-4-13-6-14-9/h1-4,6H,5,7H2,(H,13,14). The molecule has 0 saturated heterocycles. The molecule has 1 aliphatic rings. The van der Waals surface area contributed by atoms with Crippen LogP contribution in [0, 0.1) is 0 Å². The molecule has 0 saturated carbocycles. The summed E-state index contributed by atoms with van der Waals surface area (Å²) < 4.78 is 12.8. The maximum absolute atomic E-state index is 5.52. The van der Waals surface area contributed by atoms with Crippen LogP contribution < -0.4 is 9.47 Å². The molecule has 0 radical (unpaired) electrons. The summed E-state index contributed by atoms with van der Waals surface area (Å²) in [5.74, 6) is 1.54. The van der Waals surface area contributed by atoms with Gasteiger partial charge in [0.05, 0.1) is 24.8 Å². The van der Waals surface area contributed by atoms with Crippen molar-refractivity contribution in [3.05, 3.63) is 36.5 Å². The summed E-state index contributed by atoms with van der Waals surface area (Å²) in [5, 5.41) is 5.42. The summed E-state index contributed by atoms with van der Waals surface area (Å²) in [7, 11) is 0. The molecule has 2 aromatic heterocycles. The van der Waals surface area contributed by atoms with Crippen molar-refractivity contribution < 1.29 is 9.47 Å². The second-order valence-electron chi connectivity index (χ2n) is 4.12. The third-order valence-corrected chi connectivity index (χ3v) is 3.01. The molecular formula is C12H10N4O2. The number of rotatable bonds is 2. The molecule has 90 valence electrons. The molecule has 1 aliphatic heterocycles. The minimum Gasteiger partial charge on any atom is -0.454 e. The van der Waals surface area contributed by atoms with E-state index >= 15 is 0 Å². The van der Waals surface area contributed by atoms with Crippen molar-refractivity contribution in [2.45, 2.75) is 6.54 Å². The van der Waals surface area contributed by atoms with Gasteiger partial charge in [-0.2, -0.15) is 5.10 Å². The van der Waals surface area contributed by atoms with Crippen LogP contribution in [0.5, 0.6) is 11.5 Å². The van der Waals surface area contributed by atoms with Crippen LogP contribution in [-0.2, 0) is 6.54 Å². The summed E-state index contributed by atoms with van der Waals surface area (Å²) in [6, 6.07) is 3.90. The highest BCUT2D eigenvalue weighted by molar-refractivity contribution is 5.87. The summed E-state index contributed by atoms with van der Waals surface area (Å²) in [6.07, 6.45) is 5.27. The highest BCUT2D eigenvalue weighted by Crippen LogP contribution is 2.38. The van der Waals surface area contributed by atoms with Crippen LogP contribution in [0.15, 0.2) is 30.9 Å². The predicted octanol–water partition coefficient (Wildman–Crippen LogP) is 1.54. The number of nitrogens with one attached hydrogen (secondary N) is 1. The van der Waals surface area contributed by atoms with E-state index in [9.17, 15) is 0 Å². The number of benzene rings is 1. The first kappa shape index (κ1) is 9.52. The Morgan fingerprint density at radius 2 is 2.28 bits per heavy atom. The molecule has 3 heterocycles. The molecule has 1 N–H and O–H groups in total. The van der Waals surface area contributed by atoms with Crippen LogP contribution in [0.4, 0.5) is 0 Å². The molecule has 1 aromatic carbocycles. The zero-order valence-corrected chi connectivity index (χ0v) is 9.46. The van der Waals surface area contributed by atoms with Crippen LogP contribution in [-0.4, -0.2) is 26.5 Å². The Kier molecular flexibility index (Phi) is 1.85. The van der Waals surface area contributed by atoms with Gasteiger partial charge in [-0.3, -0.25) is 4.68 Å². The highest BCUT2D eigenvalue weighted by Gasteiger charge is 2.20. The Balaban J connectivity index is 1.88. The van der Waals surface area contributed by atoms with Crippen molar-refractivity contribution in [3.63, 3.8) is 0 Å². The summed E-state index contributed by atoms with van der Waals surface area (Å²) >= 11 is 0. The van der Waals surface area contributed by atoms with Crippen molar-refractivity contribution >= 4 is 10.9 Å². The molecular weight excluding hydrogens is 232 g/mol. The number of hydrogen-bond donors (Lipinski definition) is 1. The lowest BCUT2D eigenvalue weighted by Gasteiger charge is -2.04. The van der Waals surface area contributed by atoms with E-state index in [1.807, 2.05) is 23.0 Å². The van der Waals surface area contributed by atoms with Crippen LogP contribution in [0.3, 0.4) is 0 Å². The number of nitrogens with zero attached hydrogens (tertiary/aromatic N) is 3. The molecule has 0 atom stereocenters. The molecule has 18 heavy (non-hydrogen) atoms. The lowest BCUT2D eigenvalue weighted by atomic mass is 10.2. The van der Waals surface area contributed by atoms with Crippen LogP contribution in [0.1, 0.15) is 5.69 Å². The van der Waals surface area contributed by atoms with E-state index in [2.05, 4.69) is 15.1 Å². The fraction of sp³-hybridized carbons (Fsp3) is 0.167. The van der Waals surface area contributed by atoms with Gasteiger partial charge >= 0.3 is 0 Å². The fourth-order valence-electron chi connectivity index (χ4n) is 2.19. The average Bonchev–Trinajstić information content (AvgIpc) is 3.08. The topological polar surface area (TPSA) is 65.0 Å². The molecule has 3 aromatic rings. The molecule has 4 rings (SSSR count). The molecule has 0 aliphatic carbocycles. The van der Waals surface area contributed by atoms with E-state index in [0.29, 0.717) is 6.54 Å². The monoisotopic (exact) mass is 242 g/mol. The van der Waals surface area contributed by atoms with E-state index in [1.165, 1.54) is 0 Å². The van der Waals surface area contributed by atoms with Gasteiger partial charge in [-0.05, 0) is 12.1 Å².